The molecule has 0 spiro atoms. The summed E-state index contributed by atoms with van der Waals surface area (Å²) in [4.78, 5) is 0. The number of aryl methyl sites for hydroxylation is 12. The summed E-state index contributed by atoms with van der Waals surface area (Å²) in [5.41, 5.74) is 12.8. The van der Waals surface area contributed by atoms with Gasteiger partial charge in [0.05, 0.1) is 34.2 Å². The predicted molar refractivity (Wildman–Crippen MR) is 200 cm³/mol. The number of hydrogen-bond acceptors (Lipinski definition) is 7. The predicted octanol–water partition coefficient (Wildman–Crippen LogP) is 4.50. The fourth-order valence-corrected chi connectivity index (χ4v) is 6.73. The van der Waals surface area contributed by atoms with Crippen molar-refractivity contribution in [3.05, 3.63) is 105 Å². The average molecular weight is 923 g/mol. The SMILES string of the molecule is CCOCC.Cc1cc(C)n([BH-](n2nc(C)cc2C)n2nc(C)cc2C)n1.Cc1cc(C)n([BH-](n2nc(C)cc2C)n2nc(C)cc2C)n1.[O-2].[U+4]. The second-order valence-electron chi connectivity index (χ2n) is 13.2. The van der Waals surface area contributed by atoms with Crippen molar-refractivity contribution in [2.75, 3.05) is 13.2 Å². The molecule has 0 N–H and O–H groups in total. The molecule has 0 unspecified atom stereocenters. The molecule has 6 aromatic rings. The summed E-state index contributed by atoms with van der Waals surface area (Å²) in [6, 6.07) is 12.6. The first-order valence-corrected chi connectivity index (χ1v) is 17.2. The minimum absolute atomic E-state index is 0. The standard InChI is InChI=1S/2C15H22BN6.C4H10O.O.U/c2*1-10-7-13(4)20(17-10)16(21-14(5)8-11(2)18-21)22-15(6)9-12(3)19-22;1-3-5-4-2;;/h2*7-9,16H,1-6H3;3-4H2,1-2H3;;/q2*-1;;-2;+4. The van der Waals surface area contributed by atoms with Gasteiger partial charge in [-0.2, -0.15) is 0 Å². The van der Waals surface area contributed by atoms with Crippen molar-refractivity contribution in [1.29, 1.82) is 0 Å². The fraction of sp³-hybridized carbons (Fsp3) is 0.471. The average Bonchev–Trinajstić information content (AvgIpc) is 3.84. The number of aromatic nitrogens is 12. The minimum atomic E-state index is -1.26. The van der Waals surface area contributed by atoms with Crippen LogP contribution in [0, 0.1) is 114 Å². The first-order valence-electron chi connectivity index (χ1n) is 17.2. The third-order valence-electron chi connectivity index (χ3n) is 8.64. The molecule has 14 nitrogen and oxygen atoms in total. The summed E-state index contributed by atoms with van der Waals surface area (Å²) >= 11 is 0. The Morgan fingerprint density at radius 2 is 0.549 bits per heavy atom. The van der Waals surface area contributed by atoms with Gasteiger partial charge in [0.25, 0.3) is 0 Å². The van der Waals surface area contributed by atoms with Crippen LogP contribution in [0.5, 0.6) is 0 Å². The van der Waals surface area contributed by atoms with Gasteiger partial charge in [-0.05, 0) is 167 Å². The molecule has 0 amide bonds. The van der Waals surface area contributed by atoms with E-state index in [0.717, 1.165) is 81.5 Å². The third-order valence-corrected chi connectivity index (χ3v) is 8.64. The normalized spacial score (nSPS) is 10.8. The van der Waals surface area contributed by atoms with E-state index >= 15 is 0 Å². The van der Waals surface area contributed by atoms with Gasteiger partial charge in [0, 0.05) is 13.2 Å². The molecule has 0 radical (unpaired) electrons. The van der Waals surface area contributed by atoms with E-state index in [0.29, 0.717) is 0 Å². The Balaban J connectivity index is 0.000000302. The van der Waals surface area contributed by atoms with Crippen molar-refractivity contribution in [2.24, 2.45) is 0 Å². The first-order chi connectivity index (χ1) is 23.1. The van der Waals surface area contributed by atoms with Crippen LogP contribution in [-0.2, 0) is 10.2 Å². The van der Waals surface area contributed by atoms with Crippen LogP contribution in [0.2, 0.25) is 0 Å². The summed E-state index contributed by atoms with van der Waals surface area (Å²) in [6.45, 7) is 30.2. The summed E-state index contributed by atoms with van der Waals surface area (Å²) in [6.07, 6.45) is 0. The van der Waals surface area contributed by atoms with Crippen LogP contribution >= 0.6 is 0 Å². The Morgan fingerprint density at radius 3 is 0.627 bits per heavy atom. The van der Waals surface area contributed by atoms with Crippen molar-refractivity contribution < 1.29 is 41.3 Å². The number of ether oxygens (including phenoxy) is 1. The Morgan fingerprint density at radius 1 is 0.392 bits per heavy atom. The molecule has 0 aliphatic carbocycles. The van der Waals surface area contributed by atoms with Crippen molar-refractivity contribution in [3.63, 3.8) is 0 Å². The Hall–Kier alpha value is -3.64. The summed E-state index contributed by atoms with van der Waals surface area (Å²) in [5.74, 6) is 0. The van der Waals surface area contributed by atoms with Crippen molar-refractivity contribution in [1.82, 2.24) is 58.1 Å². The van der Waals surface area contributed by atoms with Crippen LogP contribution in [0.25, 0.3) is 0 Å². The number of rotatable bonds is 8. The van der Waals surface area contributed by atoms with Gasteiger partial charge in [0.2, 0.25) is 0 Å². The van der Waals surface area contributed by atoms with E-state index in [1.54, 1.807) is 0 Å². The van der Waals surface area contributed by atoms with E-state index in [1.807, 2.05) is 55.4 Å². The van der Waals surface area contributed by atoms with Crippen LogP contribution < -0.4 is 0 Å². The topological polar surface area (TPSA) is 145 Å². The van der Waals surface area contributed by atoms with E-state index in [4.69, 9.17) is 35.3 Å². The summed E-state index contributed by atoms with van der Waals surface area (Å²) in [7, 11) is -2.52. The molecule has 0 saturated heterocycles. The van der Waals surface area contributed by atoms with E-state index in [-0.39, 0.29) is 36.6 Å². The van der Waals surface area contributed by atoms with Crippen LogP contribution in [0.4, 0.5) is 0 Å². The van der Waals surface area contributed by atoms with Gasteiger partial charge in [0.1, 0.15) is 0 Å². The van der Waals surface area contributed by atoms with Crippen LogP contribution in [0.1, 0.15) is 82.2 Å². The molecular weight excluding hydrogens is 868 g/mol. The monoisotopic (exact) mass is 923 g/mol. The molecule has 6 aromatic heterocycles. The maximum atomic E-state index is 4.83. The Labute approximate surface area is 326 Å². The fourth-order valence-electron chi connectivity index (χ4n) is 6.73. The second-order valence-corrected chi connectivity index (χ2v) is 13.2. The van der Waals surface area contributed by atoms with Crippen LogP contribution in [0.3, 0.4) is 0 Å². The molecule has 0 aromatic carbocycles. The molecule has 272 valence electrons. The van der Waals surface area contributed by atoms with Gasteiger partial charge >= 0.3 is 45.3 Å². The number of hydrogen-bond donors (Lipinski definition) is 0. The van der Waals surface area contributed by atoms with Crippen LogP contribution in [0.15, 0.2) is 36.4 Å². The summed E-state index contributed by atoms with van der Waals surface area (Å²) in [5, 5.41) is 28.2. The summed E-state index contributed by atoms with van der Waals surface area (Å²) < 4.78 is 17.2. The molecule has 0 aliphatic rings. The van der Waals surface area contributed by atoms with Gasteiger partial charge < -0.3 is 37.8 Å². The minimum Gasteiger partial charge on any atom is -2.00 e. The quantitative estimate of drug-likeness (QED) is 0.205. The van der Waals surface area contributed by atoms with Crippen molar-refractivity contribution in [2.45, 2.75) is 96.9 Å². The molecule has 51 heavy (non-hydrogen) atoms. The second kappa shape index (κ2) is 18.7. The van der Waals surface area contributed by atoms with Gasteiger partial charge in [0.15, 0.2) is 0 Å². The zero-order valence-corrected chi connectivity index (χ0v) is 37.1. The van der Waals surface area contributed by atoms with E-state index in [9.17, 15) is 0 Å². The van der Waals surface area contributed by atoms with Gasteiger partial charge in [-0.3, -0.25) is 0 Å². The van der Waals surface area contributed by atoms with E-state index in [2.05, 4.69) is 105 Å². The smallest absolute Gasteiger partial charge is 2.00 e. The number of nitrogens with zero attached hydrogens (tertiary/aromatic N) is 12. The van der Waals surface area contributed by atoms with Gasteiger partial charge in [-0.1, -0.05) is 0 Å². The molecular formula is C34H54B2N12O2U. The largest absolute Gasteiger partial charge is 4.00 e. The molecule has 0 bridgehead atoms. The maximum Gasteiger partial charge on any atom is 4.00 e. The first kappa shape index (κ1) is 43.5. The molecule has 17 heteroatoms. The van der Waals surface area contributed by atoms with E-state index in [1.165, 1.54) is 0 Å². The van der Waals surface area contributed by atoms with Crippen molar-refractivity contribution >= 4 is 14.2 Å². The molecule has 0 fully saturated rings. The molecule has 0 saturated carbocycles. The maximum absolute atomic E-state index is 4.83. The third kappa shape index (κ3) is 10.2. The Bertz CT molecular complexity index is 1640. The van der Waals surface area contributed by atoms with Crippen molar-refractivity contribution in [3.8, 4) is 0 Å². The zero-order chi connectivity index (χ0) is 36.2. The van der Waals surface area contributed by atoms with E-state index < -0.39 is 14.2 Å². The zero-order valence-electron chi connectivity index (χ0n) is 33.0. The van der Waals surface area contributed by atoms with Crippen LogP contribution in [-0.4, -0.2) is 85.6 Å². The van der Waals surface area contributed by atoms with Gasteiger partial charge in [-0.15, -0.1) is 0 Å². The molecule has 0 atom stereocenters. The molecule has 6 heterocycles. The van der Waals surface area contributed by atoms with Gasteiger partial charge in [-0.25, -0.2) is 30.6 Å². The molecule has 0 aliphatic heterocycles. The molecule has 6 rings (SSSR count). The Kier molecular flexibility index (Phi) is 16.0.